The minimum Gasteiger partial charge on any atom is -0.396 e. The summed E-state index contributed by atoms with van der Waals surface area (Å²) < 4.78 is 0. The maximum Gasteiger partial charge on any atom is 0.0459 e. The van der Waals surface area contributed by atoms with E-state index in [1.165, 1.54) is 69.7 Å². The van der Waals surface area contributed by atoms with Crippen LogP contribution in [0.15, 0.2) is 0 Å². The Labute approximate surface area is 111 Å². The summed E-state index contributed by atoms with van der Waals surface area (Å²) in [5.74, 6) is 3.21. The van der Waals surface area contributed by atoms with Gasteiger partial charge in [-0.15, -0.1) is 0 Å². The van der Waals surface area contributed by atoms with E-state index in [2.05, 4.69) is 23.6 Å². The van der Waals surface area contributed by atoms with Crippen molar-refractivity contribution in [2.45, 2.75) is 45.4 Å². The SMILES string of the molecule is CCC[C@H](CO)CCCCCN1CCSCC1. The van der Waals surface area contributed by atoms with Gasteiger partial charge >= 0.3 is 0 Å². The summed E-state index contributed by atoms with van der Waals surface area (Å²) in [6.07, 6.45) is 7.60. The summed E-state index contributed by atoms with van der Waals surface area (Å²) in [5, 5.41) is 9.21. The number of aliphatic hydroxyl groups excluding tert-OH is 1. The third-order valence-electron chi connectivity index (χ3n) is 3.65. The Kier molecular flexibility index (Phi) is 9.21. The molecule has 0 aromatic rings. The first-order chi connectivity index (χ1) is 8.36. The van der Waals surface area contributed by atoms with Crippen LogP contribution in [0.5, 0.6) is 0 Å². The first kappa shape index (κ1) is 15.3. The van der Waals surface area contributed by atoms with E-state index in [1.54, 1.807) is 0 Å². The second kappa shape index (κ2) is 10.2. The van der Waals surface area contributed by atoms with Gasteiger partial charge in [0.25, 0.3) is 0 Å². The topological polar surface area (TPSA) is 23.5 Å². The number of hydrogen-bond donors (Lipinski definition) is 1. The van der Waals surface area contributed by atoms with Crippen molar-refractivity contribution in [1.82, 2.24) is 4.90 Å². The normalized spacial score (nSPS) is 19.4. The van der Waals surface area contributed by atoms with Crippen molar-refractivity contribution in [1.29, 1.82) is 0 Å². The number of aliphatic hydroxyl groups is 1. The second-order valence-electron chi connectivity index (χ2n) is 5.14. The number of thioether (sulfide) groups is 1. The molecular formula is C14H29NOS. The lowest BCUT2D eigenvalue weighted by atomic mass is 9.97. The van der Waals surface area contributed by atoms with Gasteiger partial charge in [-0.2, -0.15) is 11.8 Å². The number of nitrogens with zero attached hydrogens (tertiary/aromatic N) is 1. The molecule has 3 heteroatoms. The molecule has 0 amide bonds. The Morgan fingerprint density at radius 3 is 2.53 bits per heavy atom. The van der Waals surface area contributed by atoms with Crippen molar-refractivity contribution in [3.8, 4) is 0 Å². The molecule has 1 fully saturated rings. The van der Waals surface area contributed by atoms with E-state index in [4.69, 9.17) is 0 Å². The van der Waals surface area contributed by atoms with E-state index < -0.39 is 0 Å². The van der Waals surface area contributed by atoms with Crippen LogP contribution in [0.2, 0.25) is 0 Å². The summed E-state index contributed by atoms with van der Waals surface area (Å²) in [5.41, 5.74) is 0. The molecule has 17 heavy (non-hydrogen) atoms. The second-order valence-corrected chi connectivity index (χ2v) is 6.37. The molecule has 1 heterocycles. The average molecular weight is 259 g/mol. The summed E-state index contributed by atoms with van der Waals surface area (Å²) >= 11 is 2.09. The Bertz CT molecular complexity index is 165. The van der Waals surface area contributed by atoms with Crippen molar-refractivity contribution in [3.05, 3.63) is 0 Å². The molecule has 0 spiro atoms. The van der Waals surface area contributed by atoms with Gasteiger partial charge in [-0.3, -0.25) is 0 Å². The van der Waals surface area contributed by atoms with Crippen molar-refractivity contribution in [2.75, 3.05) is 37.7 Å². The van der Waals surface area contributed by atoms with Crippen LogP contribution < -0.4 is 0 Å². The van der Waals surface area contributed by atoms with E-state index in [0.717, 1.165) is 0 Å². The van der Waals surface area contributed by atoms with Gasteiger partial charge in [-0.1, -0.05) is 26.2 Å². The molecule has 1 aliphatic heterocycles. The minimum absolute atomic E-state index is 0.386. The highest BCUT2D eigenvalue weighted by Gasteiger charge is 2.09. The highest BCUT2D eigenvalue weighted by molar-refractivity contribution is 7.99. The van der Waals surface area contributed by atoms with Crippen LogP contribution in [-0.4, -0.2) is 47.8 Å². The third-order valence-corrected chi connectivity index (χ3v) is 4.59. The lowest BCUT2D eigenvalue weighted by Gasteiger charge is -2.26. The molecule has 0 aromatic carbocycles. The van der Waals surface area contributed by atoms with Crippen LogP contribution in [-0.2, 0) is 0 Å². The molecule has 1 atom stereocenters. The van der Waals surface area contributed by atoms with E-state index in [0.29, 0.717) is 12.5 Å². The van der Waals surface area contributed by atoms with Gasteiger partial charge in [0.15, 0.2) is 0 Å². The molecule has 1 aliphatic rings. The predicted octanol–water partition coefficient (Wildman–Crippen LogP) is 3.00. The molecule has 2 nitrogen and oxygen atoms in total. The molecular weight excluding hydrogens is 230 g/mol. The standard InChI is InChI=1S/C14H29NOS/c1-2-6-14(13-16)7-4-3-5-8-15-9-11-17-12-10-15/h14,16H,2-13H2,1H3/t14-/m0/s1. The Morgan fingerprint density at radius 1 is 1.12 bits per heavy atom. The molecule has 0 saturated carbocycles. The quantitative estimate of drug-likeness (QED) is 0.644. The zero-order valence-corrected chi connectivity index (χ0v) is 12.2. The van der Waals surface area contributed by atoms with Gasteiger partial charge in [0.2, 0.25) is 0 Å². The number of unbranched alkanes of at least 4 members (excludes halogenated alkanes) is 2. The van der Waals surface area contributed by atoms with Crippen molar-refractivity contribution >= 4 is 11.8 Å². The van der Waals surface area contributed by atoms with E-state index in [1.807, 2.05) is 0 Å². The van der Waals surface area contributed by atoms with Crippen LogP contribution in [0.4, 0.5) is 0 Å². The molecule has 1 N–H and O–H groups in total. The predicted molar refractivity (Wildman–Crippen MR) is 77.7 cm³/mol. The van der Waals surface area contributed by atoms with Crippen molar-refractivity contribution in [2.24, 2.45) is 5.92 Å². The third kappa shape index (κ3) is 7.32. The van der Waals surface area contributed by atoms with Gasteiger partial charge in [-0.05, 0) is 31.7 Å². The molecule has 0 unspecified atom stereocenters. The summed E-state index contributed by atoms with van der Waals surface area (Å²) in [4.78, 5) is 2.60. The van der Waals surface area contributed by atoms with Crippen LogP contribution in [0.1, 0.15) is 45.4 Å². The molecule has 0 aliphatic carbocycles. The first-order valence-corrected chi connectivity index (χ1v) is 8.43. The minimum atomic E-state index is 0.386. The Balaban J connectivity index is 1.92. The lowest BCUT2D eigenvalue weighted by molar-refractivity contribution is 0.205. The van der Waals surface area contributed by atoms with Gasteiger partial charge < -0.3 is 10.0 Å². The molecule has 1 rings (SSSR count). The molecule has 102 valence electrons. The van der Waals surface area contributed by atoms with Gasteiger partial charge in [-0.25, -0.2) is 0 Å². The average Bonchev–Trinajstić information content (AvgIpc) is 2.38. The van der Waals surface area contributed by atoms with E-state index in [-0.39, 0.29) is 0 Å². The van der Waals surface area contributed by atoms with Crippen LogP contribution in [0.25, 0.3) is 0 Å². The molecule has 0 aromatic heterocycles. The van der Waals surface area contributed by atoms with Gasteiger partial charge in [0, 0.05) is 31.2 Å². The monoisotopic (exact) mass is 259 g/mol. The lowest BCUT2D eigenvalue weighted by Crippen LogP contribution is -2.33. The van der Waals surface area contributed by atoms with Crippen molar-refractivity contribution < 1.29 is 5.11 Å². The van der Waals surface area contributed by atoms with Crippen LogP contribution in [0.3, 0.4) is 0 Å². The molecule has 0 radical (unpaired) electrons. The fourth-order valence-corrected chi connectivity index (χ4v) is 3.48. The Hall–Kier alpha value is 0.270. The highest BCUT2D eigenvalue weighted by Crippen LogP contribution is 2.15. The number of rotatable bonds is 9. The fraction of sp³-hybridized carbons (Fsp3) is 1.00. The van der Waals surface area contributed by atoms with E-state index >= 15 is 0 Å². The van der Waals surface area contributed by atoms with Crippen LogP contribution in [0, 0.1) is 5.92 Å². The van der Waals surface area contributed by atoms with E-state index in [9.17, 15) is 5.11 Å². The first-order valence-electron chi connectivity index (χ1n) is 7.27. The maximum atomic E-state index is 9.21. The Morgan fingerprint density at radius 2 is 1.88 bits per heavy atom. The maximum absolute atomic E-state index is 9.21. The fourth-order valence-electron chi connectivity index (χ4n) is 2.51. The zero-order valence-electron chi connectivity index (χ0n) is 11.4. The van der Waals surface area contributed by atoms with Gasteiger partial charge in [0.1, 0.15) is 0 Å². The summed E-state index contributed by atoms with van der Waals surface area (Å²) in [6.45, 7) is 6.46. The molecule has 1 saturated heterocycles. The summed E-state index contributed by atoms with van der Waals surface area (Å²) in [6, 6.07) is 0. The van der Waals surface area contributed by atoms with Gasteiger partial charge in [0.05, 0.1) is 0 Å². The smallest absolute Gasteiger partial charge is 0.0459 e. The largest absolute Gasteiger partial charge is 0.396 e. The highest BCUT2D eigenvalue weighted by atomic mass is 32.2. The number of hydrogen-bond acceptors (Lipinski definition) is 3. The van der Waals surface area contributed by atoms with Crippen molar-refractivity contribution in [3.63, 3.8) is 0 Å². The van der Waals surface area contributed by atoms with Crippen LogP contribution >= 0.6 is 11.8 Å². The molecule has 0 bridgehead atoms. The zero-order chi connectivity index (χ0) is 12.3. The summed E-state index contributed by atoms with van der Waals surface area (Å²) in [7, 11) is 0.